The van der Waals surface area contributed by atoms with Crippen molar-refractivity contribution in [2.45, 2.75) is 45.1 Å². The Morgan fingerprint density at radius 3 is 2.57 bits per heavy atom. The van der Waals surface area contributed by atoms with Crippen molar-refractivity contribution >= 4 is 11.8 Å². The van der Waals surface area contributed by atoms with Crippen LogP contribution in [0, 0.1) is 0 Å². The fourth-order valence-corrected chi connectivity index (χ4v) is 3.50. The summed E-state index contributed by atoms with van der Waals surface area (Å²) in [6.07, 6.45) is 5.11. The normalized spacial score (nSPS) is 16.2. The first kappa shape index (κ1) is 24.4. The van der Waals surface area contributed by atoms with Crippen molar-refractivity contribution in [3.8, 4) is 5.75 Å². The van der Waals surface area contributed by atoms with Crippen LogP contribution in [0.4, 0.5) is 10.5 Å². The second kappa shape index (κ2) is 14.2. The van der Waals surface area contributed by atoms with E-state index in [1.54, 1.807) is 7.11 Å². The largest absolute Gasteiger partial charge is 0.491 e. The summed E-state index contributed by atoms with van der Waals surface area (Å²) >= 11 is 0. The summed E-state index contributed by atoms with van der Waals surface area (Å²) in [4.78, 5) is 17.1. The number of carbonyl (C=O) groups excluding carboxylic acids is 1. The zero-order valence-corrected chi connectivity index (χ0v) is 18.9. The van der Waals surface area contributed by atoms with Crippen molar-refractivity contribution in [2.75, 3.05) is 65.4 Å². The molecule has 1 aromatic carbocycles. The van der Waals surface area contributed by atoms with E-state index >= 15 is 0 Å². The van der Waals surface area contributed by atoms with Gasteiger partial charge >= 0.3 is 6.09 Å². The molecule has 7 heteroatoms. The fourth-order valence-electron chi connectivity index (χ4n) is 3.50. The van der Waals surface area contributed by atoms with Crippen LogP contribution in [0.25, 0.3) is 0 Å². The fraction of sp³-hybridized carbons (Fsp3) is 0.696. The lowest BCUT2D eigenvalue weighted by atomic mass is 10.2. The maximum absolute atomic E-state index is 12.5. The number of anilines is 1. The molecule has 7 nitrogen and oxygen atoms in total. The number of hydrogen-bond donors (Lipinski definition) is 1. The van der Waals surface area contributed by atoms with Gasteiger partial charge in [0, 0.05) is 39.8 Å². The maximum Gasteiger partial charge on any atom is 0.412 e. The quantitative estimate of drug-likeness (QED) is 0.488. The molecule has 1 amide bonds. The molecule has 0 aliphatic carbocycles. The number of methoxy groups -OCH3 is 1. The van der Waals surface area contributed by atoms with Gasteiger partial charge in [0.1, 0.15) is 11.9 Å². The maximum atomic E-state index is 12.5. The first-order chi connectivity index (χ1) is 14.6. The lowest BCUT2D eigenvalue weighted by Crippen LogP contribution is -2.48. The van der Waals surface area contributed by atoms with E-state index in [4.69, 9.17) is 14.2 Å². The molecule has 1 aromatic rings. The molecule has 1 fully saturated rings. The predicted octanol–water partition coefficient (Wildman–Crippen LogP) is 3.85. The van der Waals surface area contributed by atoms with E-state index in [1.807, 2.05) is 24.3 Å². The third-order valence-corrected chi connectivity index (χ3v) is 5.31. The Morgan fingerprint density at radius 1 is 1.10 bits per heavy atom. The van der Waals surface area contributed by atoms with Crippen LogP contribution in [0.2, 0.25) is 0 Å². The summed E-state index contributed by atoms with van der Waals surface area (Å²) in [7, 11) is 3.75. The Kier molecular flexibility index (Phi) is 11.6. The van der Waals surface area contributed by atoms with Crippen molar-refractivity contribution in [1.29, 1.82) is 0 Å². The van der Waals surface area contributed by atoms with Crippen molar-refractivity contribution in [1.82, 2.24) is 9.80 Å². The average Bonchev–Trinajstić information content (AvgIpc) is 2.73. The van der Waals surface area contributed by atoms with Crippen molar-refractivity contribution < 1.29 is 19.0 Å². The van der Waals surface area contributed by atoms with Crippen LogP contribution in [0.3, 0.4) is 0 Å². The van der Waals surface area contributed by atoms with Crippen LogP contribution in [-0.4, -0.2) is 82.1 Å². The van der Waals surface area contributed by atoms with Crippen molar-refractivity contribution in [3.05, 3.63) is 24.3 Å². The number of rotatable bonds is 13. The van der Waals surface area contributed by atoms with Gasteiger partial charge in [0.2, 0.25) is 0 Å². The highest BCUT2D eigenvalue weighted by molar-refractivity contribution is 5.86. The van der Waals surface area contributed by atoms with Gasteiger partial charge in [-0.25, -0.2) is 4.79 Å². The minimum Gasteiger partial charge on any atom is -0.491 e. The number of para-hydroxylation sites is 2. The molecule has 1 unspecified atom stereocenters. The number of ether oxygens (including phenoxy) is 3. The number of piperazine rings is 1. The number of nitrogens with zero attached hydrogens (tertiary/aromatic N) is 2. The number of nitrogens with one attached hydrogen (secondary N) is 1. The number of benzene rings is 1. The molecule has 0 saturated carbocycles. The molecule has 1 heterocycles. The summed E-state index contributed by atoms with van der Waals surface area (Å²) < 4.78 is 16.8. The number of amides is 1. The van der Waals surface area contributed by atoms with Gasteiger partial charge in [-0.3, -0.25) is 10.2 Å². The minimum absolute atomic E-state index is 0.315. The predicted molar refractivity (Wildman–Crippen MR) is 120 cm³/mol. The van der Waals surface area contributed by atoms with Crippen LogP contribution in [0.5, 0.6) is 5.75 Å². The smallest absolute Gasteiger partial charge is 0.412 e. The summed E-state index contributed by atoms with van der Waals surface area (Å²) in [6.45, 7) is 7.88. The zero-order chi connectivity index (χ0) is 21.6. The number of unbranched alkanes of at least 4 members (excludes halogenated alkanes) is 4. The Morgan fingerprint density at radius 2 is 1.83 bits per heavy atom. The van der Waals surface area contributed by atoms with E-state index in [9.17, 15) is 4.79 Å². The molecule has 2 rings (SSSR count). The summed E-state index contributed by atoms with van der Waals surface area (Å²) in [5.74, 6) is 0.673. The van der Waals surface area contributed by atoms with Gasteiger partial charge in [0.05, 0.1) is 18.9 Å². The van der Waals surface area contributed by atoms with Crippen LogP contribution >= 0.6 is 0 Å². The highest BCUT2D eigenvalue weighted by Crippen LogP contribution is 2.24. The third kappa shape index (κ3) is 9.32. The first-order valence-corrected chi connectivity index (χ1v) is 11.2. The minimum atomic E-state index is -0.481. The Labute approximate surface area is 181 Å². The van der Waals surface area contributed by atoms with Gasteiger partial charge in [-0.2, -0.15) is 0 Å². The van der Waals surface area contributed by atoms with Crippen molar-refractivity contribution in [2.24, 2.45) is 0 Å². The Balaban J connectivity index is 1.81. The van der Waals surface area contributed by atoms with E-state index in [2.05, 4.69) is 29.1 Å². The molecule has 0 radical (unpaired) electrons. The van der Waals surface area contributed by atoms with Gasteiger partial charge in [-0.1, -0.05) is 44.7 Å². The van der Waals surface area contributed by atoms with E-state index in [-0.39, 0.29) is 6.10 Å². The highest BCUT2D eigenvalue weighted by atomic mass is 16.6. The average molecular weight is 422 g/mol. The van der Waals surface area contributed by atoms with Crippen LogP contribution in [0.1, 0.15) is 39.0 Å². The molecule has 0 spiro atoms. The summed E-state index contributed by atoms with van der Waals surface area (Å²) in [6, 6.07) is 7.49. The second-order valence-corrected chi connectivity index (χ2v) is 7.97. The second-order valence-electron chi connectivity index (χ2n) is 7.97. The molecule has 1 N–H and O–H groups in total. The molecule has 1 saturated heterocycles. The van der Waals surface area contributed by atoms with Crippen LogP contribution in [-0.2, 0) is 9.47 Å². The molecule has 0 aromatic heterocycles. The number of carbonyl (C=O) groups is 1. The molecule has 1 atom stereocenters. The van der Waals surface area contributed by atoms with Crippen LogP contribution in [0.15, 0.2) is 24.3 Å². The van der Waals surface area contributed by atoms with E-state index < -0.39 is 6.09 Å². The lowest BCUT2D eigenvalue weighted by Gasteiger charge is -2.34. The molecule has 170 valence electrons. The SMILES string of the molecule is CCCCCCCOc1ccccc1NC(=O)OC(COC)CN1CCN(C)CC1. The number of hydrogen-bond acceptors (Lipinski definition) is 6. The molecule has 1 aliphatic heterocycles. The Hall–Kier alpha value is -1.83. The third-order valence-electron chi connectivity index (χ3n) is 5.31. The van der Waals surface area contributed by atoms with Gasteiger partial charge in [0.15, 0.2) is 0 Å². The van der Waals surface area contributed by atoms with Gasteiger partial charge in [-0.15, -0.1) is 0 Å². The topological polar surface area (TPSA) is 63.3 Å². The molecule has 0 bridgehead atoms. The van der Waals surface area contributed by atoms with E-state index in [0.29, 0.717) is 31.2 Å². The number of likely N-dealkylation sites (N-methyl/N-ethyl adjacent to an activating group) is 1. The lowest BCUT2D eigenvalue weighted by molar-refractivity contribution is 0.0157. The van der Waals surface area contributed by atoms with Gasteiger partial charge in [-0.05, 0) is 25.6 Å². The highest BCUT2D eigenvalue weighted by Gasteiger charge is 2.22. The molecular weight excluding hydrogens is 382 g/mol. The monoisotopic (exact) mass is 421 g/mol. The van der Waals surface area contributed by atoms with Gasteiger partial charge < -0.3 is 19.1 Å². The Bertz CT molecular complexity index is 606. The molecule has 1 aliphatic rings. The standard InChI is InChI=1S/C23H39N3O4/c1-4-5-6-7-10-17-29-22-12-9-8-11-21(22)24-23(27)30-20(19-28-3)18-26-15-13-25(2)14-16-26/h8-9,11-12,20H,4-7,10,13-19H2,1-3H3,(H,24,27). The molecular formula is C23H39N3O4. The summed E-state index contributed by atoms with van der Waals surface area (Å²) in [5, 5.41) is 2.84. The molecule has 30 heavy (non-hydrogen) atoms. The summed E-state index contributed by atoms with van der Waals surface area (Å²) in [5.41, 5.74) is 0.631. The first-order valence-electron chi connectivity index (χ1n) is 11.2. The van der Waals surface area contributed by atoms with E-state index in [1.165, 1.54) is 19.3 Å². The zero-order valence-electron chi connectivity index (χ0n) is 18.9. The van der Waals surface area contributed by atoms with E-state index in [0.717, 1.165) is 39.0 Å². The van der Waals surface area contributed by atoms with Crippen LogP contribution < -0.4 is 10.1 Å². The van der Waals surface area contributed by atoms with Gasteiger partial charge in [0.25, 0.3) is 0 Å². The van der Waals surface area contributed by atoms with Crippen molar-refractivity contribution in [3.63, 3.8) is 0 Å².